The van der Waals surface area contributed by atoms with Crippen molar-refractivity contribution < 1.29 is 19.4 Å². The van der Waals surface area contributed by atoms with Gasteiger partial charge in [-0.15, -0.1) is 0 Å². The molecule has 0 bridgehead atoms. The lowest BCUT2D eigenvalue weighted by Gasteiger charge is -2.36. The van der Waals surface area contributed by atoms with Crippen LogP contribution < -0.4 is 15.4 Å². The summed E-state index contributed by atoms with van der Waals surface area (Å²) in [7, 11) is 0. The predicted octanol–water partition coefficient (Wildman–Crippen LogP) is 4.81. The predicted molar refractivity (Wildman–Crippen MR) is 150 cm³/mol. The first-order chi connectivity index (χ1) is 18.6. The minimum Gasteiger partial charge on any atom is -0.478 e. The Morgan fingerprint density at radius 2 is 1.87 bits per heavy atom. The van der Waals surface area contributed by atoms with Crippen LogP contribution in [0.4, 0.5) is 10.5 Å². The van der Waals surface area contributed by atoms with E-state index >= 15 is 0 Å². The number of primary amides is 1. The normalized spacial score (nSPS) is 19.5. The SMILES string of the molecule is Cc1c(OC(C)(C)C(=O)O)cccc1N1CCC(C2CC2N(Cc2ccc(-c3cn[nH]c3)cc2)C(N)=O)CC1. The number of rotatable bonds is 9. The number of carbonyl (C=O) groups is 2. The molecule has 39 heavy (non-hydrogen) atoms. The van der Waals surface area contributed by atoms with Gasteiger partial charge in [0, 0.05) is 48.7 Å². The molecule has 0 radical (unpaired) electrons. The molecular weight excluding hydrogens is 494 g/mol. The number of nitrogens with one attached hydrogen (secondary N) is 1. The van der Waals surface area contributed by atoms with Crippen molar-refractivity contribution in [3.8, 4) is 16.9 Å². The number of benzene rings is 2. The van der Waals surface area contributed by atoms with Crippen molar-refractivity contribution in [1.29, 1.82) is 0 Å². The summed E-state index contributed by atoms with van der Waals surface area (Å²) in [6, 6.07) is 13.8. The summed E-state index contributed by atoms with van der Waals surface area (Å²) in [5, 5.41) is 16.3. The highest BCUT2D eigenvalue weighted by Crippen LogP contribution is 2.47. The standard InChI is InChI=1S/C30H37N5O4/c1-19-25(5-4-6-27(19)39-30(2,3)28(36)37)34-13-11-22(12-14-34)24-15-26(24)35(29(31)38)18-20-7-9-21(10-8-20)23-16-32-33-17-23/h4-10,16-17,22,24,26H,11-15,18H2,1-3H3,(H2,31,38)(H,32,33)(H,36,37). The number of amides is 2. The lowest BCUT2D eigenvalue weighted by atomic mass is 9.91. The molecule has 2 aromatic carbocycles. The van der Waals surface area contributed by atoms with Gasteiger partial charge in [0.25, 0.3) is 0 Å². The number of hydrogen-bond acceptors (Lipinski definition) is 5. The molecule has 1 aliphatic heterocycles. The number of nitrogens with zero attached hydrogens (tertiary/aromatic N) is 3. The second-order valence-corrected chi connectivity index (χ2v) is 11.3. The number of H-pyrrole nitrogens is 1. The van der Waals surface area contributed by atoms with Crippen LogP contribution in [-0.2, 0) is 11.3 Å². The van der Waals surface area contributed by atoms with Gasteiger partial charge in [-0.25, -0.2) is 9.59 Å². The van der Waals surface area contributed by atoms with E-state index < -0.39 is 11.6 Å². The van der Waals surface area contributed by atoms with Crippen LogP contribution in [0.2, 0.25) is 0 Å². The van der Waals surface area contributed by atoms with Crippen molar-refractivity contribution in [3.63, 3.8) is 0 Å². The van der Waals surface area contributed by atoms with Gasteiger partial charge in [-0.1, -0.05) is 30.3 Å². The average molecular weight is 532 g/mol. The van der Waals surface area contributed by atoms with Crippen molar-refractivity contribution in [3.05, 3.63) is 66.0 Å². The number of anilines is 1. The van der Waals surface area contributed by atoms with Gasteiger partial charge in [-0.3, -0.25) is 5.10 Å². The van der Waals surface area contributed by atoms with Gasteiger partial charge in [0.2, 0.25) is 0 Å². The molecule has 2 atom stereocenters. The third-order valence-electron chi connectivity index (χ3n) is 8.25. The molecule has 2 amide bonds. The van der Waals surface area contributed by atoms with E-state index in [0.717, 1.165) is 60.3 Å². The number of carboxylic acids is 1. The van der Waals surface area contributed by atoms with Gasteiger partial charge < -0.3 is 25.4 Å². The Morgan fingerprint density at radius 3 is 2.49 bits per heavy atom. The highest BCUT2D eigenvalue weighted by atomic mass is 16.5. The Kier molecular flexibility index (Phi) is 7.25. The fourth-order valence-electron chi connectivity index (χ4n) is 5.78. The zero-order valence-corrected chi connectivity index (χ0v) is 22.8. The van der Waals surface area contributed by atoms with E-state index in [1.165, 1.54) is 0 Å². The first-order valence-electron chi connectivity index (χ1n) is 13.5. The topological polar surface area (TPSA) is 125 Å². The first-order valence-corrected chi connectivity index (χ1v) is 13.5. The number of carbonyl (C=O) groups excluding carboxylic acids is 1. The molecule has 2 aliphatic rings. The van der Waals surface area contributed by atoms with Crippen LogP contribution in [0.5, 0.6) is 5.75 Å². The molecule has 4 N–H and O–H groups in total. The van der Waals surface area contributed by atoms with Crippen LogP contribution >= 0.6 is 0 Å². The van der Waals surface area contributed by atoms with Crippen molar-refractivity contribution in [2.24, 2.45) is 17.6 Å². The van der Waals surface area contributed by atoms with E-state index in [-0.39, 0.29) is 12.1 Å². The van der Waals surface area contributed by atoms with Gasteiger partial charge in [-0.05, 0) is 75.1 Å². The third kappa shape index (κ3) is 5.72. The molecule has 1 saturated carbocycles. The Balaban J connectivity index is 1.18. The molecule has 2 heterocycles. The summed E-state index contributed by atoms with van der Waals surface area (Å²) in [4.78, 5) is 28.1. The van der Waals surface area contributed by atoms with Gasteiger partial charge >= 0.3 is 12.0 Å². The number of hydrogen-bond donors (Lipinski definition) is 3. The van der Waals surface area contributed by atoms with Crippen molar-refractivity contribution in [1.82, 2.24) is 15.1 Å². The van der Waals surface area contributed by atoms with Crippen LogP contribution in [0.1, 0.15) is 44.2 Å². The Bertz CT molecular complexity index is 1310. The number of urea groups is 1. The van der Waals surface area contributed by atoms with Crippen molar-refractivity contribution in [2.75, 3.05) is 18.0 Å². The Morgan fingerprint density at radius 1 is 1.15 bits per heavy atom. The highest BCUT2D eigenvalue weighted by molar-refractivity contribution is 5.77. The van der Waals surface area contributed by atoms with Crippen molar-refractivity contribution >= 4 is 17.7 Å². The maximum atomic E-state index is 12.4. The van der Waals surface area contributed by atoms with Crippen LogP contribution in [0, 0.1) is 18.8 Å². The average Bonchev–Trinajstić information content (AvgIpc) is 3.50. The molecule has 0 spiro atoms. The fourth-order valence-corrected chi connectivity index (χ4v) is 5.78. The van der Waals surface area contributed by atoms with Crippen LogP contribution in [-0.4, -0.2) is 56.9 Å². The molecule has 1 aliphatic carbocycles. The summed E-state index contributed by atoms with van der Waals surface area (Å²) >= 11 is 0. The van der Waals surface area contributed by atoms with E-state index in [0.29, 0.717) is 24.1 Å². The van der Waals surface area contributed by atoms with E-state index in [4.69, 9.17) is 10.5 Å². The minimum atomic E-state index is -1.30. The molecule has 2 fully saturated rings. The zero-order valence-electron chi connectivity index (χ0n) is 22.8. The molecule has 1 aromatic heterocycles. The molecule has 3 aromatic rings. The second kappa shape index (κ2) is 10.6. The number of aromatic amines is 1. The number of carboxylic acid groups (broad SMARTS) is 1. The van der Waals surface area contributed by atoms with Crippen molar-refractivity contribution in [2.45, 2.75) is 58.2 Å². The number of piperidine rings is 1. The number of aromatic nitrogens is 2. The maximum Gasteiger partial charge on any atom is 0.347 e. The maximum absolute atomic E-state index is 12.4. The van der Waals surface area contributed by atoms with Gasteiger partial charge in [0.05, 0.1) is 6.20 Å². The summed E-state index contributed by atoms with van der Waals surface area (Å²) in [5.41, 5.74) is 9.73. The van der Waals surface area contributed by atoms with Crippen LogP contribution in [0.25, 0.3) is 11.1 Å². The Labute approximate surface area is 228 Å². The van der Waals surface area contributed by atoms with E-state index in [1.54, 1.807) is 20.0 Å². The first kappa shape index (κ1) is 26.6. The summed E-state index contributed by atoms with van der Waals surface area (Å²) < 4.78 is 5.85. The minimum absolute atomic E-state index is 0.185. The van der Waals surface area contributed by atoms with Gasteiger partial charge in [-0.2, -0.15) is 5.10 Å². The highest BCUT2D eigenvalue weighted by Gasteiger charge is 2.48. The van der Waals surface area contributed by atoms with Crippen LogP contribution in [0.3, 0.4) is 0 Å². The monoisotopic (exact) mass is 531 g/mol. The molecule has 5 rings (SSSR count). The second-order valence-electron chi connectivity index (χ2n) is 11.3. The molecule has 2 unspecified atom stereocenters. The van der Waals surface area contributed by atoms with E-state index in [2.05, 4.69) is 21.2 Å². The van der Waals surface area contributed by atoms with Gasteiger partial charge in [0.15, 0.2) is 5.60 Å². The quantitative estimate of drug-likeness (QED) is 0.364. The van der Waals surface area contributed by atoms with E-state index in [9.17, 15) is 14.7 Å². The zero-order chi connectivity index (χ0) is 27.7. The molecule has 9 nitrogen and oxygen atoms in total. The summed E-state index contributed by atoms with van der Waals surface area (Å²) in [6.07, 6.45) is 6.72. The largest absolute Gasteiger partial charge is 0.478 e. The summed E-state index contributed by atoms with van der Waals surface area (Å²) in [6.45, 7) is 7.44. The van der Waals surface area contributed by atoms with Gasteiger partial charge in [0.1, 0.15) is 5.75 Å². The number of aliphatic carboxylic acids is 1. The summed E-state index contributed by atoms with van der Waals surface area (Å²) in [5.74, 6) is 0.613. The Hall–Kier alpha value is -4.01. The molecular formula is C30H37N5O4. The molecule has 9 heteroatoms. The fraction of sp³-hybridized carbons (Fsp3) is 0.433. The number of nitrogens with two attached hydrogens (primary N) is 1. The molecule has 1 saturated heterocycles. The smallest absolute Gasteiger partial charge is 0.347 e. The third-order valence-corrected chi connectivity index (χ3v) is 8.25. The van der Waals surface area contributed by atoms with E-state index in [1.807, 2.05) is 54.4 Å². The lowest BCUT2D eigenvalue weighted by Crippen LogP contribution is -2.40. The lowest BCUT2D eigenvalue weighted by molar-refractivity contribution is -0.152. The van der Waals surface area contributed by atoms with Crippen LogP contribution in [0.15, 0.2) is 54.9 Å². The molecule has 206 valence electrons. The number of ether oxygens (including phenoxy) is 1.